The van der Waals surface area contributed by atoms with Gasteiger partial charge in [-0.25, -0.2) is 0 Å². The molecule has 2 unspecified atom stereocenters. The molecule has 1 amide bonds. The maximum Gasteiger partial charge on any atom is 0.237 e. The minimum absolute atomic E-state index is 0.00398. The summed E-state index contributed by atoms with van der Waals surface area (Å²) in [5, 5.41) is 2.79. The first-order chi connectivity index (χ1) is 17.5. The second kappa shape index (κ2) is 14.0. The Morgan fingerprint density at radius 3 is 2.56 bits per heavy atom. The van der Waals surface area contributed by atoms with Crippen molar-refractivity contribution in [2.45, 2.75) is 45.0 Å². The normalized spacial score (nSPS) is 15.8. The summed E-state index contributed by atoms with van der Waals surface area (Å²) < 4.78 is 11.8. The van der Waals surface area contributed by atoms with Crippen molar-refractivity contribution in [1.82, 2.24) is 15.1 Å². The van der Waals surface area contributed by atoms with Crippen LogP contribution in [0, 0.1) is 0 Å². The molecule has 0 bridgehead atoms. The van der Waals surface area contributed by atoms with Gasteiger partial charge in [-0.2, -0.15) is 0 Å². The molecule has 6 nitrogen and oxygen atoms in total. The molecule has 2 atom stereocenters. The van der Waals surface area contributed by atoms with Crippen LogP contribution in [0.5, 0.6) is 5.75 Å². The Kier molecular flexibility index (Phi) is 10.7. The Morgan fingerprint density at radius 2 is 1.92 bits per heavy atom. The topological polar surface area (TPSA) is 54.0 Å². The quantitative estimate of drug-likeness (QED) is 0.408. The Bertz CT molecular complexity index is 999. The molecule has 0 saturated carbocycles. The second-order valence-corrected chi connectivity index (χ2v) is 9.29. The van der Waals surface area contributed by atoms with E-state index < -0.39 is 0 Å². The van der Waals surface area contributed by atoms with Gasteiger partial charge in [0.15, 0.2) is 0 Å². The predicted octanol–water partition coefficient (Wildman–Crippen LogP) is 4.81. The molecule has 1 aliphatic rings. The van der Waals surface area contributed by atoms with Gasteiger partial charge in [-0.3, -0.25) is 14.6 Å². The number of carbonyl (C=O) groups is 1. The molecule has 1 N–H and O–H groups in total. The maximum atomic E-state index is 12.5. The molecule has 1 aliphatic heterocycles. The minimum atomic E-state index is -0.250. The second-order valence-electron chi connectivity index (χ2n) is 9.29. The van der Waals surface area contributed by atoms with Crippen molar-refractivity contribution in [2.75, 3.05) is 40.4 Å². The zero-order valence-corrected chi connectivity index (χ0v) is 22.0. The van der Waals surface area contributed by atoms with Gasteiger partial charge in [0.1, 0.15) is 12.4 Å². The zero-order chi connectivity index (χ0) is 25.9. The predicted molar refractivity (Wildman–Crippen MR) is 147 cm³/mol. The molecule has 3 rings (SSSR count). The number of nitrogens with one attached hydrogen (secondary N) is 1. The lowest BCUT2D eigenvalue weighted by atomic mass is 10.0. The number of likely N-dealkylation sites (N-methyl/N-ethyl adjacent to an activating group) is 2. The molecule has 2 aromatic carbocycles. The van der Waals surface area contributed by atoms with Crippen LogP contribution < -0.4 is 10.1 Å². The first kappa shape index (κ1) is 27.7. The minimum Gasteiger partial charge on any atom is -0.489 e. The van der Waals surface area contributed by atoms with E-state index in [4.69, 9.17) is 9.47 Å². The molecule has 2 aromatic rings. The number of amides is 1. The number of allylic oxidation sites excluding steroid dienone is 1. The van der Waals surface area contributed by atoms with Crippen molar-refractivity contribution in [3.8, 4) is 5.75 Å². The average Bonchev–Trinajstić information content (AvgIpc) is 2.92. The van der Waals surface area contributed by atoms with Crippen molar-refractivity contribution in [2.24, 2.45) is 0 Å². The fourth-order valence-corrected chi connectivity index (χ4v) is 4.66. The fraction of sp³-hybridized carbons (Fsp3) is 0.433. The smallest absolute Gasteiger partial charge is 0.237 e. The van der Waals surface area contributed by atoms with Crippen molar-refractivity contribution >= 4 is 12.0 Å². The molecule has 194 valence electrons. The van der Waals surface area contributed by atoms with Crippen LogP contribution in [0.1, 0.15) is 48.1 Å². The van der Waals surface area contributed by atoms with E-state index in [1.807, 2.05) is 37.4 Å². The zero-order valence-electron chi connectivity index (χ0n) is 22.0. The van der Waals surface area contributed by atoms with Crippen molar-refractivity contribution in [3.63, 3.8) is 0 Å². The van der Waals surface area contributed by atoms with E-state index in [9.17, 15) is 4.79 Å². The van der Waals surface area contributed by atoms with E-state index in [1.165, 1.54) is 5.56 Å². The van der Waals surface area contributed by atoms with Crippen LogP contribution in [0.4, 0.5) is 0 Å². The lowest BCUT2D eigenvalue weighted by molar-refractivity contribution is -0.125. The summed E-state index contributed by atoms with van der Waals surface area (Å²) >= 11 is 0. The maximum absolute atomic E-state index is 12.5. The number of nitrogens with zero attached hydrogens (tertiary/aromatic N) is 2. The van der Waals surface area contributed by atoms with Gasteiger partial charge in [-0.1, -0.05) is 55.1 Å². The summed E-state index contributed by atoms with van der Waals surface area (Å²) in [5.41, 5.74) is 4.45. The first-order valence-electron chi connectivity index (χ1n) is 12.8. The van der Waals surface area contributed by atoms with Crippen molar-refractivity contribution < 1.29 is 14.3 Å². The molecule has 0 spiro atoms. The first-order valence-corrected chi connectivity index (χ1v) is 12.8. The summed E-state index contributed by atoms with van der Waals surface area (Å²) in [5.74, 6) is 0.814. The van der Waals surface area contributed by atoms with Crippen LogP contribution in [-0.2, 0) is 22.7 Å². The monoisotopic (exact) mass is 491 g/mol. The number of morpholine rings is 1. The van der Waals surface area contributed by atoms with Gasteiger partial charge in [0, 0.05) is 38.3 Å². The van der Waals surface area contributed by atoms with Crippen LogP contribution in [-0.4, -0.2) is 62.1 Å². The highest BCUT2D eigenvalue weighted by atomic mass is 16.5. The Morgan fingerprint density at radius 1 is 1.19 bits per heavy atom. The molecule has 1 saturated heterocycles. The number of hydrogen-bond donors (Lipinski definition) is 1. The van der Waals surface area contributed by atoms with Gasteiger partial charge in [0.25, 0.3) is 0 Å². The van der Waals surface area contributed by atoms with Gasteiger partial charge in [-0.15, -0.1) is 6.58 Å². The summed E-state index contributed by atoms with van der Waals surface area (Å²) in [6.45, 7) is 14.6. The van der Waals surface area contributed by atoms with Gasteiger partial charge in [-0.05, 0) is 49.6 Å². The molecule has 36 heavy (non-hydrogen) atoms. The van der Waals surface area contributed by atoms with E-state index in [0.717, 1.165) is 55.2 Å². The summed E-state index contributed by atoms with van der Waals surface area (Å²) in [4.78, 5) is 17.1. The SMILES string of the molecule is C=CCCC(C(=O)NC)N(C)Cc1c(C=C)cccc1OCc1ccc(C(C)N2CCOCC2)cc1. The lowest BCUT2D eigenvalue weighted by Gasteiger charge is -2.32. The van der Waals surface area contributed by atoms with Crippen LogP contribution in [0.3, 0.4) is 0 Å². The number of ether oxygens (including phenoxy) is 2. The summed E-state index contributed by atoms with van der Waals surface area (Å²) in [6, 6.07) is 14.8. The van der Waals surface area contributed by atoms with Crippen LogP contribution in [0.2, 0.25) is 0 Å². The van der Waals surface area contributed by atoms with E-state index in [0.29, 0.717) is 25.6 Å². The van der Waals surface area contributed by atoms with Gasteiger partial charge < -0.3 is 14.8 Å². The van der Waals surface area contributed by atoms with E-state index >= 15 is 0 Å². The lowest BCUT2D eigenvalue weighted by Crippen LogP contribution is -2.43. The van der Waals surface area contributed by atoms with E-state index in [2.05, 4.69) is 59.5 Å². The number of benzene rings is 2. The van der Waals surface area contributed by atoms with Gasteiger partial charge >= 0.3 is 0 Å². The Labute approximate surface area is 216 Å². The fourth-order valence-electron chi connectivity index (χ4n) is 4.66. The van der Waals surface area contributed by atoms with Gasteiger partial charge in [0.2, 0.25) is 5.91 Å². The number of hydrogen-bond acceptors (Lipinski definition) is 5. The molecular weight excluding hydrogens is 450 g/mol. The molecule has 0 radical (unpaired) electrons. The summed E-state index contributed by atoms with van der Waals surface area (Å²) in [6.07, 6.45) is 5.18. The van der Waals surface area contributed by atoms with Crippen LogP contribution >= 0.6 is 0 Å². The third-order valence-corrected chi connectivity index (χ3v) is 6.97. The largest absolute Gasteiger partial charge is 0.489 e. The Balaban J connectivity index is 1.70. The van der Waals surface area contributed by atoms with E-state index in [-0.39, 0.29) is 11.9 Å². The molecule has 0 aliphatic carbocycles. The average molecular weight is 492 g/mol. The van der Waals surface area contributed by atoms with Crippen LogP contribution in [0.15, 0.2) is 61.7 Å². The third-order valence-electron chi connectivity index (χ3n) is 6.97. The van der Waals surface area contributed by atoms with Gasteiger partial charge in [0.05, 0.1) is 19.3 Å². The third kappa shape index (κ3) is 7.29. The molecule has 6 heteroatoms. The highest BCUT2D eigenvalue weighted by Crippen LogP contribution is 2.28. The van der Waals surface area contributed by atoms with Crippen molar-refractivity contribution in [1.29, 1.82) is 0 Å². The van der Waals surface area contributed by atoms with Crippen LogP contribution in [0.25, 0.3) is 6.08 Å². The van der Waals surface area contributed by atoms with Crippen molar-refractivity contribution in [3.05, 3.63) is 84.0 Å². The molecule has 0 aromatic heterocycles. The summed E-state index contributed by atoms with van der Waals surface area (Å²) in [7, 11) is 3.65. The molecule has 1 heterocycles. The molecule has 1 fully saturated rings. The molecular formula is C30H41N3O3. The number of rotatable bonds is 13. The highest BCUT2D eigenvalue weighted by Gasteiger charge is 2.23. The standard InChI is InChI=1S/C30H41N3O3/c1-6-8-11-28(30(34)31-4)32(5)21-27-25(7-2)10-9-12-29(27)36-22-24-13-15-26(16-14-24)23(3)33-17-19-35-20-18-33/h6-7,9-10,12-16,23,28H,1-2,8,11,17-22H2,3-5H3,(H,31,34). The Hall–Kier alpha value is -2.93. The number of carbonyl (C=O) groups excluding carboxylic acids is 1. The highest BCUT2D eigenvalue weighted by molar-refractivity contribution is 5.81. The van der Waals surface area contributed by atoms with E-state index in [1.54, 1.807) is 7.05 Å².